The minimum atomic E-state index is 0.0967. The number of halogens is 1. The molecule has 0 unspecified atom stereocenters. The van der Waals surface area contributed by atoms with Crippen molar-refractivity contribution >= 4 is 17.3 Å². The first-order valence-electron chi connectivity index (χ1n) is 4.31. The van der Waals surface area contributed by atoms with Gasteiger partial charge in [0, 0.05) is 10.5 Å². The molecule has 0 aliphatic carbocycles. The van der Waals surface area contributed by atoms with Crippen LogP contribution in [0.4, 0.5) is 5.69 Å². The summed E-state index contributed by atoms with van der Waals surface area (Å²) in [4.78, 5) is 2.58. The van der Waals surface area contributed by atoms with E-state index in [2.05, 4.69) is 21.9 Å². The molecule has 0 bridgehead atoms. The third kappa shape index (κ3) is 2.99. The molecule has 0 aromatic heterocycles. The number of azide groups is 1. The Bertz CT molecular complexity index is 498. The Morgan fingerprint density at radius 3 is 3.00 bits per heavy atom. The highest BCUT2D eigenvalue weighted by Crippen LogP contribution is 2.28. The van der Waals surface area contributed by atoms with Gasteiger partial charge in [-0.15, -0.1) is 0 Å². The second-order valence-corrected chi connectivity index (χ2v) is 3.17. The Balaban J connectivity index is 3.02. The molecule has 0 spiro atoms. The van der Waals surface area contributed by atoms with E-state index >= 15 is 0 Å². The molecule has 0 amide bonds. The first-order valence-corrected chi connectivity index (χ1v) is 4.69. The fourth-order valence-corrected chi connectivity index (χ4v) is 1.26. The van der Waals surface area contributed by atoms with Crippen molar-refractivity contribution in [2.75, 3.05) is 19.4 Å². The molecule has 0 radical (unpaired) electrons. The predicted molar refractivity (Wildman–Crippen MR) is 63.3 cm³/mol. The highest BCUT2D eigenvalue weighted by atomic mass is 35.5. The van der Waals surface area contributed by atoms with E-state index in [-0.39, 0.29) is 6.54 Å². The second-order valence-electron chi connectivity index (χ2n) is 2.76. The molecule has 1 rings (SSSR count). The van der Waals surface area contributed by atoms with E-state index in [9.17, 15) is 0 Å². The fourth-order valence-electron chi connectivity index (χ4n) is 1.04. The van der Waals surface area contributed by atoms with E-state index in [1.807, 2.05) is 0 Å². The van der Waals surface area contributed by atoms with Crippen LogP contribution in [0.15, 0.2) is 17.2 Å². The Morgan fingerprint density at radius 1 is 1.62 bits per heavy atom. The summed E-state index contributed by atoms with van der Waals surface area (Å²) in [5, 5.41) is 3.72. The summed E-state index contributed by atoms with van der Waals surface area (Å²) in [6.45, 7) is 0.0967. The van der Waals surface area contributed by atoms with Crippen molar-refractivity contribution in [3.63, 3.8) is 0 Å². The molecule has 0 aliphatic heterocycles. The maximum Gasteiger partial charge on any atom is 0.143 e. The Morgan fingerprint density at radius 2 is 2.38 bits per heavy atom. The van der Waals surface area contributed by atoms with Crippen LogP contribution in [0.25, 0.3) is 10.4 Å². The molecule has 82 valence electrons. The number of hydrogen-bond acceptors (Lipinski definition) is 3. The molecule has 0 fully saturated rings. The van der Waals surface area contributed by atoms with Crippen LogP contribution >= 0.6 is 11.6 Å². The number of hydrogen-bond donors (Lipinski definition) is 1. The molecule has 0 atom stereocenters. The molecular weight excluding hydrogens is 228 g/mol. The van der Waals surface area contributed by atoms with Gasteiger partial charge in [0.25, 0.3) is 0 Å². The van der Waals surface area contributed by atoms with E-state index in [0.29, 0.717) is 22.0 Å². The van der Waals surface area contributed by atoms with Gasteiger partial charge in [-0.25, -0.2) is 0 Å². The lowest BCUT2D eigenvalue weighted by molar-refractivity contribution is 0.417. The van der Waals surface area contributed by atoms with Gasteiger partial charge in [0.2, 0.25) is 0 Å². The number of rotatable bonds is 2. The number of nitrogens with zero attached hydrogens (tertiary/aromatic N) is 3. The zero-order valence-electron chi connectivity index (χ0n) is 8.57. The number of nitrogen functional groups attached to an aromatic ring is 1. The molecule has 5 nitrogen and oxygen atoms in total. The first kappa shape index (κ1) is 12.1. The molecule has 2 N–H and O–H groups in total. The van der Waals surface area contributed by atoms with E-state index in [1.54, 1.807) is 12.1 Å². The third-order valence-electron chi connectivity index (χ3n) is 1.76. The van der Waals surface area contributed by atoms with Crippen molar-refractivity contribution in [3.05, 3.63) is 33.2 Å². The van der Waals surface area contributed by atoms with Crippen molar-refractivity contribution in [2.24, 2.45) is 5.11 Å². The zero-order chi connectivity index (χ0) is 12.0. The van der Waals surface area contributed by atoms with Crippen LogP contribution in [0.1, 0.15) is 5.56 Å². The van der Waals surface area contributed by atoms with Crippen molar-refractivity contribution in [2.45, 2.75) is 0 Å². The van der Waals surface area contributed by atoms with E-state index < -0.39 is 0 Å². The lowest BCUT2D eigenvalue weighted by Gasteiger charge is -2.05. The molecule has 0 aliphatic rings. The van der Waals surface area contributed by atoms with Crippen LogP contribution < -0.4 is 10.5 Å². The van der Waals surface area contributed by atoms with E-state index in [1.165, 1.54) is 7.11 Å². The van der Waals surface area contributed by atoms with Gasteiger partial charge in [0.15, 0.2) is 0 Å². The molecule has 16 heavy (non-hydrogen) atoms. The molecule has 0 saturated heterocycles. The van der Waals surface area contributed by atoms with Gasteiger partial charge >= 0.3 is 0 Å². The summed E-state index contributed by atoms with van der Waals surface area (Å²) in [6.07, 6.45) is 0. The van der Waals surface area contributed by atoms with Gasteiger partial charge in [0.1, 0.15) is 5.75 Å². The molecule has 0 heterocycles. The van der Waals surface area contributed by atoms with E-state index in [0.717, 1.165) is 0 Å². The topological polar surface area (TPSA) is 84.0 Å². The highest BCUT2D eigenvalue weighted by Gasteiger charge is 2.04. The van der Waals surface area contributed by atoms with Gasteiger partial charge < -0.3 is 10.5 Å². The lowest BCUT2D eigenvalue weighted by Crippen LogP contribution is -1.93. The maximum atomic E-state index is 8.06. The summed E-state index contributed by atoms with van der Waals surface area (Å²) in [5.74, 6) is 5.94. The number of benzene rings is 1. The lowest BCUT2D eigenvalue weighted by atomic mass is 10.2. The first-order chi connectivity index (χ1) is 7.69. The van der Waals surface area contributed by atoms with Crippen molar-refractivity contribution in [3.8, 4) is 17.6 Å². The summed E-state index contributed by atoms with van der Waals surface area (Å²) in [6, 6.07) is 3.21. The average Bonchev–Trinajstić information content (AvgIpc) is 2.27. The largest absolute Gasteiger partial charge is 0.495 e. The molecular formula is C10H9ClN4O. The van der Waals surface area contributed by atoms with Crippen molar-refractivity contribution in [1.82, 2.24) is 0 Å². The van der Waals surface area contributed by atoms with Crippen LogP contribution in [0.3, 0.4) is 0 Å². The maximum absolute atomic E-state index is 8.06. The molecule has 6 heteroatoms. The number of ether oxygens (including phenoxy) is 1. The molecule has 1 aromatic carbocycles. The number of nitrogens with two attached hydrogens (primary N) is 1. The van der Waals surface area contributed by atoms with Gasteiger partial charge in [-0.05, 0) is 17.7 Å². The highest BCUT2D eigenvalue weighted by molar-refractivity contribution is 6.32. The number of anilines is 1. The van der Waals surface area contributed by atoms with Gasteiger partial charge in [-0.1, -0.05) is 28.6 Å². The summed E-state index contributed by atoms with van der Waals surface area (Å²) in [7, 11) is 1.51. The second kappa shape index (κ2) is 5.76. The summed E-state index contributed by atoms with van der Waals surface area (Å²) >= 11 is 5.93. The standard InChI is InChI=1S/C10H9ClN4O/c1-16-10-5-7(3-2-4-14-15-13)8(11)6-9(10)12/h5-6H,4,12H2,1H3. The molecule has 1 aromatic rings. The normalized spacial score (nSPS) is 8.62. The number of methoxy groups -OCH3 is 1. The smallest absolute Gasteiger partial charge is 0.143 e. The Kier molecular flexibility index (Phi) is 4.34. The van der Waals surface area contributed by atoms with Crippen LogP contribution in [0.5, 0.6) is 5.75 Å². The Labute approximate surface area is 97.8 Å². The fraction of sp³-hybridized carbons (Fsp3) is 0.200. The van der Waals surface area contributed by atoms with Crippen molar-refractivity contribution < 1.29 is 4.74 Å². The SMILES string of the molecule is COc1cc(C#CCN=[N+]=[N-])c(Cl)cc1N. The molecule has 0 saturated carbocycles. The van der Waals surface area contributed by atoms with Gasteiger partial charge in [-0.2, -0.15) is 0 Å². The Hall–Kier alpha value is -2.02. The monoisotopic (exact) mass is 236 g/mol. The summed E-state index contributed by atoms with van der Waals surface area (Å²) in [5.41, 5.74) is 14.8. The van der Waals surface area contributed by atoms with Gasteiger partial charge in [-0.3, -0.25) is 0 Å². The third-order valence-corrected chi connectivity index (χ3v) is 2.07. The predicted octanol–water partition coefficient (Wildman–Crippen LogP) is 2.59. The quantitative estimate of drug-likeness (QED) is 0.281. The summed E-state index contributed by atoms with van der Waals surface area (Å²) < 4.78 is 5.03. The van der Waals surface area contributed by atoms with Crippen molar-refractivity contribution in [1.29, 1.82) is 0 Å². The zero-order valence-corrected chi connectivity index (χ0v) is 9.32. The van der Waals surface area contributed by atoms with Gasteiger partial charge in [0.05, 0.1) is 24.4 Å². The van der Waals surface area contributed by atoms with Crippen LogP contribution in [-0.4, -0.2) is 13.7 Å². The van der Waals surface area contributed by atoms with Crippen LogP contribution in [0, 0.1) is 11.8 Å². The average molecular weight is 237 g/mol. The van der Waals surface area contributed by atoms with Crippen LogP contribution in [-0.2, 0) is 0 Å². The minimum Gasteiger partial charge on any atom is -0.495 e. The van der Waals surface area contributed by atoms with Crippen LogP contribution in [0.2, 0.25) is 5.02 Å². The van der Waals surface area contributed by atoms with E-state index in [4.69, 9.17) is 27.6 Å². The minimum absolute atomic E-state index is 0.0967.